The Morgan fingerprint density at radius 2 is 1.10 bits per heavy atom. The summed E-state index contributed by atoms with van der Waals surface area (Å²) < 4.78 is 32.8. The van der Waals surface area contributed by atoms with Crippen LogP contribution in [0.4, 0.5) is 0 Å². The molecule has 0 saturated carbocycles. The Labute approximate surface area is 185 Å². The molecule has 0 aromatic carbocycles. The number of rotatable bonds is 21. The normalized spacial score (nSPS) is 13.5. The van der Waals surface area contributed by atoms with E-state index in [4.69, 9.17) is 11.5 Å². The van der Waals surface area contributed by atoms with Gasteiger partial charge < -0.3 is 11.5 Å². The second-order valence-corrected chi connectivity index (χ2v) is 10.5. The van der Waals surface area contributed by atoms with Gasteiger partial charge in [-0.25, -0.2) is 0 Å². The summed E-state index contributed by atoms with van der Waals surface area (Å²) >= 11 is 0. The predicted octanol–water partition coefficient (Wildman–Crippen LogP) is 5.49. The Balaban J connectivity index is 3.95. The molecule has 1 unspecified atom stereocenters. The highest BCUT2D eigenvalue weighted by atomic mass is 32.2. The molecule has 0 aliphatic rings. The number of carbonyl (C=O) groups is 1. The lowest BCUT2D eigenvalue weighted by Gasteiger charge is -2.26. The molecule has 1 atom stereocenters. The van der Waals surface area contributed by atoms with Crippen molar-refractivity contribution >= 4 is 15.9 Å². The maximum absolute atomic E-state index is 12.5. The third-order valence-corrected chi connectivity index (χ3v) is 7.04. The zero-order chi connectivity index (χ0) is 22.9. The van der Waals surface area contributed by atoms with Crippen LogP contribution in [0.15, 0.2) is 0 Å². The lowest BCUT2D eigenvalue weighted by molar-refractivity contribution is -0.124. The first-order valence-corrected chi connectivity index (χ1v) is 13.8. The predicted molar refractivity (Wildman–Crippen MR) is 126 cm³/mol. The fourth-order valence-electron chi connectivity index (χ4n) is 3.83. The molecule has 0 heterocycles. The van der Waals surface area contributed by atoms with Gasteiger partial charge in [-0.2, -0.15) is 8.42 Å². The molecule has 0 aromatic heterocycles. The minimum absolute atomic E-state index is 0.0813. The molecule has 0 aromatic rings. The molecule has 5 N–H and O–H groups in total. The average molecular weight is 449 g/mol. The van der Waals surface area contributed by atoms with Crippen molar-refractivity contribution in [3.63, 3.8) is 0 Å². The second-order valence-electron chi connectivity index (χ2n) is 8.90. The summed E-state index contributed by atoms with van der Waals surface area (Å²) in [6, 6.07) is 0. The minimum Gasteiger partial charge on any atom is -0.307 e. The van der Waals surface area contributed by atoms with E-state index in [2.05, 4.69) is 6.92 Å². The smallest absolute Gasteiger partial charge is 0.275 e. The van der Waals surface area contributed by atoms with Crippen LogP contribution >= 0.6 is 0 Å². The molecular formula is C23H48N2O4S. The molecule has 6 nitrogen and oxygen atoms in total. The van der Waals surface area contributed by atoms with Crippen LogP contribution in [-0.4, -0.2) is 29.7 Å². The fourth-order valence-corrected chi connectivity index (χ4v) is 4.79. The summed E-state index contributed by atoms with van der Waals surface area (Å²) in [6.07, 6.45) is 18.4. The van der Waals surface area contributed by atoms with Gasteiger partial charge in [-0.3, -0.25) is 9.35 Å². The van der Waals surface area contributed by atoms with Gasteiger partial charge in [-0.05, 0) is 12.8 Å². The van der Waals surface area contributed by atoms with Gasteiger partial charge in [0.25, 0.3) is 10.1 Å². The summed E-state index contributed by atoms with van der Waals surface area (Å²) in [5.74, 6) is -0.770. The summed E-state index contributed by atoms with van der Waals surface area (Å²) in [4.78, 5) is 12.5. The number of Topliss-reactive ketones (excluding diaryl/α,β-unsaturated/α-hetero) is 1. The van der Waals surface area contributed by atoms with E-state index >= 15 is 0 Å². The third-order valence-electron chi connectivity index (χ3n) is 5.87. The molecule has 0 fully saturated rings. The maximum Gasteiger partial charge on any atom is 0.275 e. The molecule has 180 valence electrons. The van der Waals surface area contributed by atoms with E-state index in [1.807, 2.05) is 6.92 Å². The molecule has 7 heteroatoms. The highest BCUT2D eigenvalue weighted by Gasteiger charge is 2.40. The number of nitrogens with two attached hydrogens (primary N) is 2. The molecular weight excluding hydrogens is 400 g/mol. The van der Waals surface area contributed by atoms with Gasteiger partial charge >= 0.3 is 0 Å². The number of hydrogen-bond donors (Lipinski definition) is 3. The molecule has 0 aliphatic heterocycles. The molecule has 0 spiro atoms. The van der Waals surface area contributed by atoms with E-state index in [0.717, 1.165) is 25.7 Å². The summed E-state index contributed by atoms with van der Waals surface area (Å²) in [5.41, 5.74) is 9.99. The van der Waals surface area contributed by atoms with E-state index in [0.29, 0.717) is 12.8 Å². The van der Waals surface area contributed by atoms with E-state index in [1.165, 1.54) is 64.2 Å². The van der Waals surface area contributed by atoms with Crippen molar-refractivity contribution in [3.8, 4) is 0 Å². The zero-order valence-corrected chi connectivity index (χ0v) is 20.4. The van der Waals surface area contributed by atoms with Crippen LogP contribution in [-0.2, 0) is 14.9 Å². The Hall–Kier alpha value is -0.500. The number of hydrogen-bond acceptors (Lipinski definition) is 5. The van der Waals surface area contributed by atoms with Gasteiger partial charge in [0, 0.05) is 0 Å². The first-order chi connectivity index (χ1) is 14.2. The monoisotopic (exact) mass is 448 g/mol. The van der Waals surface area contributed by atoms with Crippen LogP contribution in [0, 0.1) is 0 Å². The SMILES string of the molecule is CCCCCCCCCCCCCCCCC(C(=O)C(N)(N)CCCC)S(=O)(=O)O. The quantitative estimate of drug-likeness (QED) is 0.121. The van der Waals surface area contributed by atoms with E-state index in [-0.39, 0.29) is 12.8 Å². The highest BCUT2D eigenvalue weighted by molar-refractivity contribution is 7.87. The van der Waals surface area contributed by atoms with Gasteiger partial charge in [0.15, 0.2) is 5.78 Å². The largest absolute Gasteiger partial charge is 0.307 e. The van der Waals surface area contributed by atoms with Crippen molar-refractivity contribution in [2.75, 3.05) is 0 Å². The number of ketones is 1. The standard InChI is InChI=1S/C23H48N2O4S/c1-3-5-7-8-9-10-11-12-13-14-15-16-17-18-19-21(30(27,28)29)22(26)23(24,25)20-6-4-2/h21H,3-20,24-25H2,1-2H3,(H,27,28,29). The van der Waals surface area contributed by atoms with Gasteiger partial charge in [-0.1, -0.05) is 117 Å². The molecule has 0 amide bonds. The Bertz CT molecular complexity index is 535. The summed E-state index contributed by atoms with van der Waals surface area (Å²) in [6.45, 7) is 4.18. The van der Waals surface area contributed by atoms with Crippen LogP contribution < -0.4 is 11.5 Å². The molecule has 30 heavy (non-hydrogen) atoms. The van der Waals surface area contributed by atoms with Crippen LogP contribution in [0.1, 0.15) is 129 Å². The number of unbranched alkanes of at least 4 members (excludes halogenated alkanes) is 14. The van der Waals surface area contributed by atoms with Crippen molar-refractivity contribution in [2.45, 2.75) is 140 Å². The molecule has 0 aliphatic carbocycles. The Kier molecular flexibility index (Phi) is 16.8. The van der Waals surface area contributed by atoms with Crippen LogP contribution in [0.2, 0.25) is 0 Å². The van der Waals surface area contributed by atoms with Crippen molar-refractivity contribution < 1.29 is 17.8 Å². The van der Waals surface area contributed by atoms with Crippen molar-refractivity contribution in [1.29, 1.82) is 0 Å². The first kappa shape index (κ1) is 29.5. The van der Waals surface area contributed by atoms with Crippen molar-refractivity contribution in [3.05, 3.63) is 0 Å². The van der Waals surface area contributed by atoms with Gasteiger partial charge in [0.05, 0.1) is 0 Å². The lowest BCUT2D eigenvalue weighted by atomic mass is 9.95. The third kappa shape index (κ3) is 14.5. The summed E-state index contributed by atoms with van der Waals surface area (Å²) in [7, 11) is -4.50. The maximum atomic E-state index is 12.5. The van der Waals surface area contributed by atoms with E-state index in [1.54, 1.807) is 0 Å². The molecule has 0 rings (SSSR count). The zero-order valence-electron chi connectivity index (χ0n) is 19.5. The first-order valence-electron chi connectivity index (χ1n) is 12.2. The van der Waals surface area contributed by atoms with Gasteiger partial charge in [0.2, 0.25) is 0 Å². The molecule has 0 bridgehead atoms. The molecule has 0 radical (unpaired) electrons. The van der Waals surface area contributed by atoms with Crippen LogP contribution in [0.3, 0.4) is 0 Å². The van der Waals surface area contributed by atoms with Crippen LogP contribution in [0.25, 0.3) is 0 Å². The average Bonchev–Trinajstić information content (AvgIpc) is 2.68. The number of carbonyl (C=O) groups excluding carboxylic acids is 1. The van der Waals surface area contributed by atoms with Crippen LogP contribution in [0.5, 0.6) is 0 Å². The highest BCUT2D eigenvalue weighted by Crippen LogP contribution is 2.19. The second kappa shape index (κ2) is 17.1. The van der Waals surface area contributed by atoms with Gasteiger partial charge in [0.1, 0.15) is 10.9 Å². The van der Waals surface area contributed by atoms with E-state index < -0.39 is 26.8 Å². The lowest BCUT2D eigenvalue weighted by Crippen LogP contribution is -2.61. The van der Waals surface area contributed by atoms with Crippen molar-refractivity contribution in [2.24, 2.45) is 11.5 Å². The molecule has 0 saturated heterocycles. The Morgan fingerprint density at radius 3 is 1.47 bits per heavy atom. The van der Waals surface area contributed by atoms with E-state index in [9.17, 15) is 17.8 Å². The Morgan fingerprint density at radius 1 is 0.733 bits per heavy atom. The van der Waals surface area contributed by atoms with Gasteiger partial charge in [-0.15, -0.1) is 0 Å². The van der Waals surface area contributed by atoms with Crippen molar-refractivity contribution in [1.82, 2.24) is 0 Å². The topological polar surface area (TPSA) is 123 Å². The minimum atomic E-state index is -4.50. The summed E-state index contributed by atoms with van der Waals surface area (Å²) in [5, 5.41) is -1.51. The fraction of sp³-hybridized carbons (Fsp3) is 0.957.